The molecule has 0 unspecified atom stereocenters. The van der Waals surface area contributed by atoms with Gasteiger partial charge in [-0.15, -0.1) is 11.8 Å². The zero-order chi connectivity index (χ0) is 22.1. The van der Waals surface area contributed by atoms with Gasteiger partial charge in [0.1, 0.15) is 6.04 Å². The van der Waals surface area contributed by atoms with E-state index in [1.807, 2.05) is 52.0 Å². The predicted octanol–water partition coefficient (Wildman–Crippen LogP) is 5.12. The summed E-state index contributed by atoms with van der Waals surface area (Å²) in [5, 5.41) is 3.01. The second kappa shape index (κ2) is 11.8. The lowest BCUT2D eigenvalue weighted by molar-refractivity contribution is -0.140. The molecule has 0 saturated heterocycles. The summed E-state index contributed by atoms with van der Waals surface area (Å²) in [4.78, 5) is 28.8. The molecule has 1 N–H and O–H groups in total. The van der Waals surface area contributed by atoms with Crippen molar-refractivity contribution in [1.82, 2.24) is 10.2 Å². The van der Waals surface area contributed by atoms with Crippen molar-refractivity contribution in [3.05, 3.63) is 65.2 Å². The van der Waals surface area contributed by atoms with E-state index in [-0.39, 0.29) is 17.9 Å². The van der Waals surface area contributed by atoms with Gasteiger partial charge in [0.2, 0.25) is 11.8 Å². The minimum absolute atomic E-state index is 0.00432. The van der Waals surface area contributed by atoms with E-state index in [1.165, 1.54) is 5.56 Å². The number of thioether (sulfide) groups is 1. The Hall–Kier alpha value is -2.27. The normalized spacial score (nSPS) is 12.8. The fraction of sp³-hybridized carbons (Fsp3) is 0.440. The first-order valence-electron chi connectivity index (χ1n) is 10.7. The molecule has 30 heavy (non-hydrogen) atoms. The summed E-state index contributed by atoms with van der Waals surface area (Å²) in [6.45, 7) is 10.4. The highest BCUT2D eigenvalue weighted by molar-refractivity contribution is 7.99. The van der Waals surface area contributed by atoms with Gasteiger partial charge in [0.15, 0.2) is 0 Å². The fourth-order valence-electron chi connectivity index (χ4n) is 3.05. The lowest BCUT2D eigenvalue weighted by atomic mass is 10.1. The number of benzene rings is 2. The molecular weight excluding hydrogens is 392 g/mol. The van der Waals surface area contributed by atoms with E-state index >= 15 is 0 Å². The number of nitrogens with zero attached hydrogens (tertiary/aromatic N) is 1. The molecule has 0 spiro atoms. The molecule has 0 radical (unpaired) electrons. The van der Waals surface area contributed by atoms with Gasteiger partial charge in [0.05, 0.1) is 0 Å². The lowest BCUT2D eigenvalue weighted by Crippen LogP contribution is -2.49. The first kappa shape index (κ1) is 24.0. The molecule has 0 aliphatic rings. The van der Waals surface area contributed by atoms with Crippen molar-refractivity contribution in [2.45, 2.75) is 71.0 Å². The SMILES string of the molecule is CC[C@@H](C)NC(=O)[C@@H](C)N(Cc1ccccc1C)C(=O)CCSc1ccc(C)cc1. The Morgan fingerprint density at radius 3 is 2.33 bits per heavy atom. The second-order valence-electron chi connectivity index (χ2n) is 7.85. The molecule has 0 aliphatic carbocycles. The number of rotatable bonds is 10. The van der Waals surface area contributed by atoms with Crippen molar-refractivity contribution in [2.24, 2.45) is 0 Å². The molecule has 0 saturated carbocycles. The topological polar surface area (TPSA) is 49.4 Å². The summed E-state index contributed by atoms with van der Waals surface area (Å²) in [5.74, 6) is 0.591. The van der Waals surface area contributed by atoms with Crippen molar-refractivity contribution >= 4 is 23.6 Å². The Bertz CT molecular complexity index is 835. The van der Waals surface area contributed by atoms with Crippen LogP contribution < -0.4 is 5.32 Å². The van der Waals surface area contributed by atoms with Gasteiger partial charge in [0, 0.05) is 29.7 Å². The predicted molar refractivity (Wildman–Crippen MR) is 126 cm³/mol. The van der Waals surface area contributed by atoms with Crippen molar-refractivity contribution in [3.8, 4) is 0 Å². The molecule has 162 valence electrons. The van der Waals surface area contributed by atoms with Gasteiger partial charge in [-0.05, 0) is 57.4 Å². The van der Waals surface area contributed by atoms with Crippen LogP contribution in [0.25, 0.3) is 0 Å². The number of carbonyl (C=O) groups is 2. The summed E-state index contributed by atoms with van der Waals surface area (Å²) in [6, 6.07) is 15.9. The Morgan fingerprint density at radius 2 is 1.70 bits per heavy atom. The van der Waals surface area contributed by atoms with Gasteiger partial charge in [-0.1, -0.05) is 48.9 Å². The maximum Gasteiger partial charge on any atom is 0.242 e. The number of aryl methyl sites for hydroxylation is 2. The largest absolute Gasteiger partial charge is 0.352 e. The van der Waals surface area contributed by atoms with Crippen LogP contribution >= 0.6 is 11.8 Å². The maximum absolute atomic E-state index is 13.1. The summed E-state index contributed by atoms with van der Waals surface area (Å²) in [5.41, 5.74) is 3.42. The first-order valence-corrected chi connectivity index (χ1v) is 11.6. The van der Waals surface area contributed by atoms with Gasteiger partial charge >= 0.3 is 0 Å². The number of hydrogen-bond donors (Lipinski definition) is 1. The van der Waals surface area contributed by atoms with Crippen LogP contribution in [0.4, 0.5) is 0 Å². The Morgan fingerprint density at radius 1 is 1.03 bits per heavy atom. The fourth-order valence-corrected chi connectivity index (χ4v) is 3.89. The van der Waals surface area contributed by atoms with Crippen LogP contribution in [0.15, 0.2) is 53.4 Å². The molecule has 2 rings (SSSR count). The van der Waals surface area contributed by atoms with Crippen LogP contribution in [0.1, 0.15) is 50.3 Å². The summed E-state index contributed by atoms with van der Waals surface area (Å²) < 4.78 is 0. The minimum atomic E-state index is -0.518. The lowest BCUT2D eigenvalue weighted by Gasteiger charge is -2.30. The van der Waals surface area contributed by atoms with Crippen molar-refractivity contribution in [1.29, 1.82) is 0 Å². The highest BCUT2D eigenvalue weighted by Gasteiger charge is 2.26. The average molecular weight is 427 g/mol. The van der Waals surface area contributed by atoms with E-state index in [4.69, 9.17) is 0 Å². The van der Waals surface area contributed by atoms with Crippen LogP contribution in [0.5, 0.6) is 0 Å². The molecule has 0 fully saturated rings. The van der Waals surface area contributed by atoms with Crippen molar-refractivity contribution < 1.29 is 9.59 Å². The molecule has 2 aromatic carbocycles. The van der Waals surface area contributed by atoms with E-state index in [2.05, 4.69) is 36.5 Å². The molecule has 0 aromatic heterocycles. The summed E-state index contributed by atoms with van der Waals surface area (Å²) >= 11 is 1.67. The number of carbonyl (C=O) groups excluding carboxylic acids is 2. The van der Waals surface area contributed by atoms with Crippen LogP contribution in [-0.2, 0) is 16.1 Å². The zero-order valence-corrected chi connectivity index (χ0v) is 19.6. The van der Waals surface area contributed by atoms with Crippen LogP contribution in [0.3, 0.4) is 0 Å². The molecule has 4 nitrogen and oxygen atoms in total. The van der Waals surface area contributed by atoms with Gasteiger partial charge < -0.3 is 10.2 Å². The summed E-state index contributed by atoms with van der Waals surface area (Å²) in [7, 11) is 0. The molecule has 5 heteroatoms. The molecule has 2 aromatic rings. The maximum atomic E-state index is 13.1. The van der Waals surface area contributed by atoms with Crippen LogP contribution in [0, 0.1) is 13.8 Å². The Labute approximate surface area is 185 Å². The quantitative estimate of drug-likeness (QED) is 0.537. The number of nitrogens with one attached hydrogen (secondary N) is 1. The number of hydrogen-bond acceptors (Lipinski definition) is 3. The standard InChI is InChI=1S/C25H34N2O2S/c1-6-20(4)26-25(29)21(5)27(17-22-10-8-7-9-19(22)3)24(28)15-16-30-23-13-11-18(2)12-14-23/h7-14,20-21H,6,15-17H2,1-5H3,(H,26,29)/t20-,21-/m1/s1. The zero-order valence-electron chi connectivity index (χ0n) is 18.8. The second-order valence-corrected chi connectivity index (χ2v) is 9.02. The van der Waals surface area contributed by atoms with Gasteiger partial charge in [-0.2, -0.15) is 0 Å². The van der Waals surface area contributed by atoms with Crippen LogP contribution in [0.2, 0.25) is 0 Å². The number of amides is 2. The van der Waals surface area contributed by atoms with Crippen molar-refractivity contribution in [2.75, 3.05) is 5.75 Å². The van der Waals surface area contributed by atoms with E-state index in [0.717, 1.165) is 22.4 Å². The van der Waals surface area contributed by atoms with Gasteiger partial charge in [-0.25, -0.2) is 0 Å². The Kier molecular flexibility index (Phi) is 9.44. The molecular formula is C25H34N2O2S. The van der Waals surface area contributed by atoms with E-state index < -0.39 is 6.04 Å². The smallest absolute Gasteiger partial charge is 0.242 e. The first-order chi connectivity index (χ1) is 14.3. The molecule has 2 amide bonds. The Balaban J connectivity index is 2.08. The third-order valence-corrected chi connectivity index (χ3v) is 6.39. The van der Waals surface area contributed by atoms with Crippen LogP contribution in [-0.4, -0.2) is 34.6 Å². The van der Waals surface area contributed by atoms with E-state index in [1.54, 1.807) is 16.7 Å². The highest BCUT2D eigenvalue weighted by Crippen LogP contribution is 2.21. The third-order valence-electron chi connectivity index (χ3n) is 5.38. The summed E-state index contributed by atoms with van der Waals surface area (Å²) in [6.07, 6.45) is 1.25. The van der Waals surface area contributed by atoms with E-state index in [9.17, 15) is 9.59 Å². The molecule has 0 aliphatic heterocycles. The highest BCUT2D eigenvalue weighted by atomic mass is 32.2. The molecule has 2 atom stereocenters. The average Bonchev–Trinajstić information content (AvgIpc) is 2.73. The molecule has 0 bridgehead atoms. The monoisotopic (exact) mass is 426 g/mol. The third kappa shape index (κ3) is 7.21. The van der Waals surface area contributed by atoms with Gasteiger partial charge in [0.25, 0.3) is 0 Å². The van der Waals surface area contributed by atoms with Crippen molar-refractivity contribution in [3.63, 3.8) is 0 Å². The van der Waals surface area contributed by atoms with E-state index in [0.29, 0.717) is 18.7 Å². The van der Waals surface area contributed by atoms with Gasteiger partial charge in [-0.3, -0.25) is 9.59 Å². The molecule has 0 heterocycles. The minimum Gasteiger partial charge on any atom is -0.352 e.